The fourth-order valence-corrected chi connectivity index (χ4v) is 3.27. The lowest BCUT2D eigenvalue weighted by Crippen LogP contribution is -2.25. The van der Waals surface area contributed by atoms with E-state index in [4.69, 9.17) is 11.6 Å². The SMILES string of the molecule is O=C(Cc1nc2ccc(Cl)cc2[nH]1)NCc1cn2ccsc2n1. The molecule has 3 heterocycles. The van der Waals surface area contributed by atoms with Gasteiger partial charge in [0, 0.05) is 22.8 Å². The predicted octanol–water partition coefficient (Wildman–Crippen LogP) is 2.78. The third-order valence-electron chi connectivity index (χ3n) is 3.43. The summed E-state index contributed by atoms with van der Waals surface area (Å²) in [7, 11) is 0. The number of halogens is 1. The van der Waals surface area contributed by atoms with Gasteiger partial charge in [0.25, 0.3) is 0 Å². The third-order valence-corrected chi connectivity index (χ3v) is 4.44. The topological polar surface area (TPSA) is 75.1 Å². The number of hydrogen-bond acceptors (Lipinski definition) is 4. The van der Waals surface area contributed by atoms with Crippen LogP contribution in [0.3, 0.4) is 0 Å². The Morgan fingerprint density at radius 1 is 1.39 bits per heavy atom. The number of aromatic amines is 1. The van der Waals surface area contributed by atoms with Gasteiger partial charge in [-0.1, -0.05) is 11.6 Å². The molecule has 0 radical (unpaired) electrons. The van der Waals surface area contributed by atoms with E-state index < -0.39 is 0 Å². The number of aromatic nitrogens is 4. The van der Waals surface area contributed by atoms with Crippen LogP contribution in [-0.4, -0.2) is 25.3 Å². The molecule has 0 aliphatic heterocycles. The molecular formula is C15H12ClN5OS. The Balaban J connectivity index is 1.41. The lowest BCUT2D eigenvalue weighted by Gasteiger charge is -2.00. The normalized spacial score (nSPS) is 11.3. The Labute approximate surface area is 140 Å². The van der Waals surface area contributed by atoms with Gasteiger partial charge in [-0.05, 0) is 18.2 Å². The summed E-state index contributed by atoms with van der Waals surface area (Å²) >= 11 is 7.50. The molecule has 6 nitrogen and oxygen atoms in total. The standard InChI is InChI=1S/C15H12ClN5OS/c16-9-1-2-11-12(5-9)20-13(19-11)6-14(22)17-7-10-8-21-3-4-23-15(21)18-10/h1-5,8H,6-7H2,(H,17,22)(H,19,20). The highest BCUT2D eigenvalue weighted by Crippen LogP contribution is 2.17. The number of nitrogens with zero attached hydrogens (tertiary/aromatic N) is 3. The number of benzene rings is 1. The van der Waals surface area contributed by atoms with Gasteiger partial charge in [-0.15, -0.1) is 11.3 Å². The van der Waals surface area contributed by atoms with Crippen LogP contribution in [-0.2, 0) is 17.8 Å². The largest absolute Gasteiger partial charge is 0.350 e. The first-order valence-corrected chi connectivity index (χ1v) is 8.25. The minimum absolute atomic E-state index is 0.105. The Morgan fingerprint density at radius 2 is 2.30 bits per heavy atom. The van der Waals surface area contributed by atoms with Crippen molar-refractivity contribution >= 4 is 44.8 Å². The first-order chi connectivity index (χ1) is 11.2. The van der Waals surface area contributed by atoms with Crippen molar-refractivity contribution in [2.24, 2.45) is 0 Å². The molecule has 116 valence electrons. The quantitative estimate of drug-likeness (QED) is 0.597. The van der Waals surface area contributed by atoms with Crippen LogP contribution in [0, 0.1) is 0 Å². The van der Waals surface area contributed by atoms with Gasteiger partial charge in [0.1, 0.15) is 5.82 Å². The van der Waals surface area contributed by atoms with E-state index in [0.717, 1.165) is 21.7 Å². The molecule has 0 spiro atoms. The monoisotopic (exact) mass is 345 g/mol. The Kier molecular flexibility index (Phi) is 3.51. The Bertz CT molecular complexity index is 973. The lowest BCUT2D eigenvalue weighted by atomic mass is 10.3. The van der Waals surface area contributed by atoms with Crippen LogP contribution in [0.1, 0.15) is 11.5 Å². The van der Waals surface area contributed by atoms with E-state index in [1.807, 2.05) is 28.2 Å². The molecule has 4 rings (SSSR count). The van der Waals surface area contributed by atoms with Crippen molar-refractivity contribution in [1.82, 2.24) is 24.7 Å². The molecule has 8 heteroatoms. The van der Waals surface area contributed by atoms with Crippen LogP contribution < -0.4 is 5.32 Å². The minimum atomic E-state index is -0.105. The van der Waals surface area contributed by atoms with E-state index >= 15 is 0 Å². The fourth-order valence-electron chi connectivity index (χ4n) is 2.38. The zero-order chi connectivity index (χ0) is 15.8. The maximum absolute atomic E-state index is 12.1. The first-order valence-electron chi connectivity index (χ1n) is 6.99. The van der Waals surface area contributed by atoms with E-state index in [2.05, 4.69) is 20.3 Å². The number of fused-ring (bicyclic) bond motifs is 2. The molecule has 0 aliphatic carbocycles. The van der Waals surface area contributed by atoms with Crippen molar-refractivity contribution in [3.63, 3.8) is 0 Å². The summed E-state index contributed by atoms with van der Waals surface area (Å²) < 4.78 is 1.94. The van der Waals surface area contributed by atoms with Crippen LogP contribution >= 0.6 is 22.9 Å². The summed E-state index contributed by atoms with van der Waals surface area (Å²) in [4.78, 5) is 24.9. The molecule has 4 aromatic rings. The van der Waals surface area contributed by atoms with E-state index in [-0.39, 0.29) is 12.3 Å². The Hall–Kier alpha value is -2.38. The van der Waals surface area contributed by atoms with E-state index in [9.17, 15) is 4.79 Å². The number of carbonyl (C=O) groups excluding carboxylic acids is 1. The van der Waals surface area contributed by atoms with Crippen LogP contribution in [0.25, 0.3) is 16.0 Å². The highest BCUT2D eigenvalue weighted by Gasteiger charge is 2.10. The molecule has 23 heavy (non-hydrogen) atoms. The molecule has 1 amide bonds. The van der Waals surface area contributed by atoms with Gasteiger partial charge in [-0.2, -0.15) is 0 Å². The molecule has 0 unspecified atom stereocenters. The van der Waals surface area contributed by atoms with E-state index in [0.29, 0.717) is 17.4 Å². The number of thiazole rings is 1. The molecular weight excluding hydrogens is 334 g/mol. The van der Waals surface area contributed by atoms with Crippen LogP contribution in [0.5, 0.6) is 0 Å². The highest BCUT2D eigenvalue weighted by atomic mass is 35.5. The van der Waals surface area contributed by atoms with Crippen molar-refractivity contribution in [1.29, 1.82) is 0 Å². The van der Waals surface area contributed by atoms with E-state index in [1.54, 1.807) is 23.5 Å². The van der Waals surface area contributed by atoms with Gasteiger partial charge in [0.05, 0.1) is 29.7 Å². The number of amides is 1. The number of hydrogen-bond donors (Lipinski definition) is 2. The molecule has 0 aliphatic rings. The van der Waals surface area contributed by atoms with Crippen molar-refractivity contribution in [2.75, 3.05) is 0 Å². The zero-order valence-corrected chi connectivity index (χ0v) is 13.5. The smallest absolute Gasteiger partial charge is 0.227 e. The lowest BCUT2D eigenvalue weighted by molar-refractivity contribution is -0.120. The van der Waals surface area contributed by atoms with Crippen LogP contribution in [0.4, 0.5) is 0 Å². The second kappa shape index (κ2) is 5.68. The second-order valence-corrected chi connectivity index (χ2v) is 6.43. The Morgan fingerprint density at radius 3 is 3.17 bits per heavy atom. The van der Waals surface area contributed by atoms with Gasteiger partial charge in [0.15, 0.2) is 4.96 Å². The molecule has 0 saturated carbocycles. The van der Waals surface area contributed by atoms with Gasteiger partial charge >= 0.3 is 0 Å². The van der Waals surface area contributed by atoms with E-state index in [1.165, 1.54) is 0 Å². The maximum Gasteiger partial charge on any atom is 0.227 e. The summed E-state index contributed by atoms with van der Waals surface area (Å²) in [6.07, 6.45) is 4.04. The zero-order valence-electron chi connectivity index (χ0n) is 11.9. The van der Waals surface area contributed by atoms with Crippen LogP contribution in [0.15, 0.2) is 36.0 Å². The van der Waals surface area contributed by atoms with Crippen molar-refractivity contribution in [2.45, 2.75) is 13.0 Å². The predicted molar refractivity (Wildman–Crippen MR) is 89.7 cm³/mol. The number of imidazole rings is 2. The van der Waals surface area contributed by atoms with Gasteiger partial charge in [0.2, 0.25) is 5.91 Å². The average Bonchev–Trinajstić information content (AvgIpc) is 3.17. The second-order valence-electron chi connectivity index (χ2n) is 5.12. The van der Waals surface area contributed by atoms with Gasteiger partial charge < -0.3 is 10.3 Å². The molecule has 3 aromatic heterocycles. The summed E-state index contributed by atoms with van der Waals surface area (Å²) in [6.45, 7) is 0.402. The summed E-state index contributed by atoms with van der Waals surface area (Å²) in [6, 6.07) is 5.40. The number of H-pyrrole nitrogens is 1. The summed E-state index contributed by atoms with van der Waals surface area (Å²) in [5.74, 6) is 0.511. The highest BCUT2D eigenvalue weighted by molar-refractivity contribution is 7.15. The fraction of sp³-hybridized carbons (Fsp3) is 0.133. The molecule has 0 atom stereocenters. The molecule has 1 aromatic carbocycles. The van der Waals surface area contributed by atoms with Crippen molar-refractivity contribution in [3.05, 3.63) is 52.5 Å². The van der Waals surface area contributed by atoms with Crippen molar-refractivity contribution < 1.29 is 4.79 Å². The summed E-state index contributed by atoms with van der Waals surface area (Å²) in [5, 5.41) is 5.46. The van der Waals surface area contributed by atoms with Gasteiger partial charge in [-0.3, -0.25) is 9.20 Å². The molecule has 0 saturated heterocycles. The van der Waals surface area contributed by atoms with Crippen LogP contribution in [0.2, 0.25) is 5.02 Å². The first kappa shape index (κ1) is 14.2. The molecule has 2 N–H and O–H groups in total. The van der Waals surface area contributed by atoms with Gasteiger partial charge in [-0.25, -0.2) is 9.97 Å². The third kappa shape index (κ3) is 2.93. The number of rotatable bonds is 4. The molecule has 0 fully saturated rings. The number of carbonyl (C=O) groups is 1. The average molecular weight is 346 g/mol. The minimum Gasteiger partial charge on any atom is -0.350 e. The molecule has 0 bridgehead atoms. The summed E-state index contributed by atoms with van der Waals surface area (Å²) in [5.41, 5.74) is 2.46. The number of nitrogens with one attached hydrogen (secondary N) is 2. The maximum atomic E-state index is 12.1. The van der Waals surface area contributed by atoms with Crippen molar-refractivity contribution in [3.8, 4) is 0 Å².